The molecule has 0 aliphatic heterocycles. The zero-order valence-corrected chi connectivity index (χ0v) is 28.1. The summed E-state index contributed by atoms with van der Waals surface area (Å²) in [5.74, 6) is -1.06. The van der Waals surface area contributed by atoms with Crippen LogP contribution >= 0.6 is 34.7 Å². The van der Waals surface area contributed by atoms with Crippen LogP contribution in [0.2, 0.25) is 5.02 Å². The Bertz CT molecular complexity index is 2110. The number of hydrogen-bond donors (Lipinski definition) is 4. The number of carbonyl (C=O) groups is 3. The van der Waals surface area contributed by atoms with Crippen LogP contribution in [0.1, 0.15) is 29.3 Å². The average molecular weight is 692 g/mol. The van der Waals surface area contributed by atoms with Gasteiger partial charge in [0.2, 0.25) is 5.91 Å². The maximum atomic E-state index is 13.7. The molecule has 6 rings (SSSR count). The first-order valence-electron chi connectivity index (χ1n) is 15.1. The molecule has 6 aromatic rings. The summed E-state index contributed by atoms with van der Waals surface area (Å²) in [7, 11) is 0. The SMILES string of the molecule is CCC(Sc1cccc(NC(=O)/C(=C/c2c[nH]c3ccccc23)NC(=O)c2ccccc2)c1)C(=O)Nc1nc(-c2ccc(Cl)cc2)cs1. The van der Waals surface area contributed by atoms with Gasteiger partial charge in [-0.3, -0.25) is 14.4 Å². The Kier molecular flexibility index (Phi) is 10.4. The molecule has 0 aliphatic carbocycles. The van der Waals surface area contributed by atoms with Gasteiger partial charge in [-0.2, -0.15) is 0 Å². The van der Waals surface area contributed by atoms with E-state index in [0.29, 0.717) is 27.8 Å². The molecule has 0 saturated heterocycles. The van der Waals surface area contributed by atoms with Gasteiger partial charge in [-0.1, -0.05) is 73.1 Å². The van der Waals surface area contributed by atoms with Gasteiger partial charge in [-0.15, -0.1) is 23.1 Å². The fourth-order valence-corrected chi connectivity index (χ4v) is 6.78. The number of nitrogens with one attached hydrogen (secondary N) is 4. The second kappa shape index (κ2) is 15.2. The summed E-state index contributed by atoms with van der Waals surface area (Å²) in [4.78, 5) is 48.6. The number of thioether (sulfide) groups is 1. The number of benzene rings is 4. The maximum absolute atomic E-state index is 13.7. The number of carbonyl (C=O) groups excluding carboxylic acids is 3. The Morgan fingerprint density at radius 2 is 1.71 bits per heavy atom. The molecule has 4 N–H and O–H groups in total. The van der Waals surface area contributed by atoms with Crippen LogP contribution in [0.15, 0.2) is 125 Å². The van der Waals surface area contributed by atoms with Crippen molar-refractivity contribution < 1.29 is 14.4 Å². The van der Waals surface area contributed by atoms with Crippen molar-refractivity contribution in [3.63, 3.8) is 0 Å². The van der Waals surface area contributed by atoms with Crippen LogP contribution in [-0.2, 0) is 9.59 Å². The second-order valence-electron chi connectivity index (χ2n) is 10.7. The van der Waals surface area contributed by atoms with Crippen LogP contribution in [0.5, 0.6) is 0 Å². The number of anilines is 2. The van der Waals surface area contributed by atoms with Gasteiger partial charge >= 0.3 is 0 Å². The van der Waals surface area contributed by atoms with E-state index in [1.165, 1.54) is 23.1 Å². The summed E-state index contributed by atoms with van der Waals surface area (Å²) in [5, 5.41) is 12.2. The number of rotatable bonds is 11. The van der Waals surface area contributed by atoms with E-state index >= 15 is 0 Å². The van der Waals surface area contributed by atoms with Crippen molar-refractivity contribution in [3.05, 3.63) is 137 Å². The van der Waals surface area contributed by atoms with Crippen molar-refractivity contribution in [2.24, 2.45) is 0 Å². The van der Waals surface area contributed by atoms with Crippen molar-refractivity contribution in [2.45, 2.75) is 23.5 Å². The minimum Gasteiger partial charge on any atom is -0.361 e. The van der Waals surface area contributed by atoms with Gasteiger partial charge in [0.15, 0.2) is 5.13 Å². The molecule has 0 radical (unpaired) electrons. The number of para-hydroxylation sites is 1. The lowest BCUT2D eigenvalue weighted by Gasteiger charge is -2.15. The van der Waals surface area contributed by atoms with Gasteiger partial charge in [0.1, 0.15) is 5.70 Å². The molecule has 1 atom stereocenters. The minimum absolute atomic E-state index is 0.0823. The summed E-state index contributed by atoms with van der Waals surface area (Å²) in [6.07, 6.45) is 4.03. The molecule has 2 aromatic heterocycles. The predicted molar refractivity (Wildman–Crippen MR) is 196 cm³/mol. The Labute approximate surface area is 290 Å². The Morgan fingerprint density at radius 1 is 0.938 bits per heavy atom. The molecule has 2 heterocycles. The number of amides is 3. The molecule has 1 unspecified atom stereocenters. The van der Waals surface area contributed by atoms with Crippen LogP contribution in [0.25, 0.3) is 28.2 Å². The third kappa shape index (κ3) is 8.03. The molecule has 0 spiro atoms. The summed E-state index contributed by atoms with van der Waals surface area (Å²) in [6, 6.07) is 31.1. The lowest BCUT2D eigenvalue weighted by Crippen LogP contribution is -2.30. The van der Waals surface area contributed by atoms with Gasteiger partial charge in [0, 0.05) is 54.8 Å². The zero-order valence-electron chi connectivity index (χ0n) is 25.7. The number of nitrogens with zero attached hydrogens (tertiary/aromatic N) is 1. The van der Waals surface area contributed by atoms with Gasteiger partial charge in [-0.05, 0) is 61.0 Å². The number of fused-ring (bicyclic) bond motifs is 1. The van der Waals surface area contributed by atoms with Crippen molar-refractivity contribution >= 4 is 80.2 Å². The number of hydrogen-bond acceptors (Lipinski definition) is 6. The van der Waals surface area contributed by atoms with E-state index in [1.54, 1.807) is 54.7 Å². The van der Waals surface area contributed by atoms with Crippen LogP contribution in [-0.4, -0.2) is 32.9 Å². The molecule has 240 valence electrons. The van der Waals surface area contributed by atoms with Crippen LogP contribution < -0.4 is 16.0 Å². The molecular weight excluding hydrogens is 662 g/mol. The first kappa shape index (κ1) is 32.8. The van der Waals surface area contributed by atoms with Crippen molar-refractivity contribution in [2.75, 3.05) is 10.6 Å². The standard InChI is InChI=1S/C37H30ClN5O3S2/c1-2-33(36(46)43-37-42-32(22-47-37)23-15-17-26(38)18-16-23)48-28-12-8-11-27(20-28)40-35(45)31(41-34(44)24-9-4-3-5-10-24)19-25-21-39-30-14-7-6-13-29(25)30/h3-22,33,39H,2H2,1H3,(H,40,45)(H,41,44)(H,42,43,46)/b31-19-. The number of thiazole rings is 1. The normalized spacial score (nSPS) is 12.0. The topological polar surface area (TPSA) is 116 Å². The lowest BCUT2D eigenvalue weighted by atomic mass is 10.1. The number of aromatic amines is 1. The van der Waals surface area contributed by atoms with Crippen molar-refractivity contribution in [1.82, 2.24) is 15.3 Å². The molecular formula is C37H30ClN5O3S2. The average Bonchev–Trinajstić information content (AvgIpc) is 3.75. The van der Waals surface area contributed by atoms with Crippen molar-refractivity contribution in [1.29, 1.82) is 0 Å². The predicted octanol–water partition coefficient (Wildman–Crippen LogP) is 8.86. The summed E-state index contributed by atoms with van der Waals surface area (Å²) >= 11 is 8.76. The van der Waals surface area contributed by atoms with Gasteiger partial charge in [-0.25, -0.2) is 4.98 Å². The smallest absolute Gasteiger partial charge is 0.272 e. The number of aromatic nitrogens is 2. The molecule has 0 bridgehead atoms. The summed E-state index contributed by atoms with van der Waals surface area (Å²) in [6.45, 7) is 1.95. The van der Waals surface area contributed by atoms with E-state index in [1.807, 2.05) is 73.0 Å². The van der Waals surface area contributed by atoms with Crippen molar-refractivity contribution in [3.8, 4) is 11.3 Å². The van der Waals surface area contributed by atoms with E-state index in [4.69, 9.17) is 11.6 Å². The first-order chi connectivity index (χ1) is 23.4. The Hall–Kier alpha value is -5.16. The summed E-state index contributed by atoms with van der Waals surface area (Å²) in [5.41, 5.74) is 4.37. The monoisotopic (exact) mass is 691 g/mol. The molecule has 0 saturated carbocycles. The first-order valence-corrected chi connectivity index (χ1v) is 17.2. The largest absolute Gasteiger partial charge is 0.361 e. The molecule has 48 heavy (non-hydrogen) atoms. The quantitative estimate of drug-likeness (QED) is 0.0800. The number of halogens is 1. The molecule has 8 nitrogen and oxygen atoms in total. The van der Waals surface area contributed by atoms with Gasteiger partial charge in [0.05, 0.1) is 10.9 Å². The van der Waals surface area contributed by atoms with E-state index in [0.717, 1.165) is 32.6 Å². The minimum atomic E-state index is -0.489. The summed E-state index contributed by atoms with van der Waals surface area (Å²) < 4.78 is 0. The van der Waals surface area contributed by atoms with Crippen LogP contribution in [0, 0.1) is 0 Å². The van der Waals surface area contributed by atoms with Crippen LogP contribution in [0.4, 0.5) is 10.8 Å². The van der Waals surface area contributed by atoms with Gasteiger partial charge in [0.25, 0.3) is 11.8 Å². The molecule has 0 aliphatic rings. The highest BCUT2D eigenvalue weighted by atomic mass is 35.5. The Morgan fingerprint density at radius 3 is 2.50 bits per heavy atom. The van der Waals surface area contributed by atoms with E-state index in [2.05, 4.69) is 25.9 Å². The number of H-pyrrole nitrogens is 1. The highest BCUT2D eigenvalue weighted by Crippen LogP contribution is 2.31. The highest BCUT2D eigenvalue weighted by Gasteiger charge is 2.21. The fourth-order valence-electron chi connectivity index (χ4n) is 4.91. The third-order valence-electron chi connectivity index (χ3n) is 7.36. The second-order valence-corrected chi connectivity index (χ2v) is 13.3. The van der Waals surface area contributed by atoms with E-state index in [9.17, 15) is 14.4 Å². The van der Waals surface area contributed by atoms with E-state index in [-0.39, 0.29) is 11.6 Å². The molecule has 3 amide bonds. The Balaban J connectivity index is 1.16. The zero-order chi connectivity index (χ0) is 33.5. The highest BCUT2D eigenvalue weighted by molar-refractivity contribution is 8.00. The molecule has 11 heteroatoms. The fraction of sp³-hybridized carbons (Fsp3) is 0.0811. The van der Waals surface area contributed by atoms with Crippen LogP contribution in [0.3, 0.4) is 0 Å². The van der Waals surface area contributed by atoms with E-state index < -0.39 is 17.1 Å². The molecule has 0 fully saturated rings. The third-order valence-corrected chi connectivity index (χ3v) is 9.73. The lowest BCUT2D eigenvalue weighted by molar-refractivity contribution is -0.116. The molecule has 4 aromatic carbocycles. The van der Waals surface area contributed by atoms with Gasteiger partial charge < -0.3 is 20.9 Å². The maximum Gasteiger partial charge on any atom is 0.272 e.